The number of hydrogen-bond donors (Lipinski definition) is 1. The van der Waals surface area contributed by atoms with Gasteiger partial charge in [0, 0.05) is 0 Å². The Hall–Kier alpha value is -1.10. The molecule has 3 amide bonds. The molecule has 1 saturated carbocycles. The second-order valence-electron chi connectivity index (χ2n) is 3.09. The van der Waals surface area contributed by atoms with Crippen molar-refractivity contribution < 1.29 is 14.4 Å². The van der Waals surface area contributed by atoms with Crippen LogP contribution in [0, 0.1) is 5.92 Å². The molecule has 1 aliphatic heterocycles. The van der Waals surface area contributed by atoms with Crippen LogP contribution in [-0.2, 0) is 9.63 Å². The Morgan fingerprint density at radius 3 is 2.75 bits per heavy atom. The number of nitrogens with one attached hydrogen (secondary N) is 1. The summed E-state index contributed by atoms with van der Waals surface area (Å²) in [7, 11) is 0. The third-order valence-corrected chi connectivity index (χ3v) is 1.94. The molecule has 0 aromatic heterocycles. The van der Waals surface area contributed by atoms with E-state index in [0.717, 1.165) is 17.9 Å². The average Bonchev–Trinajstić information content (AvgIpc) is 2.80. The topological polar surface area (TPSA) is 58.6 Å². The summed E-state index contributed by atoms with van der Waals surface area (Å²) in [6.45, 7) is 0.544. The molecule has 1 heterocycles. The second-order valence-corrected chi connectivity index (χ2v) is 3.09. The van der Waals surface area contributed by atoms with Gasteiger partial charge in [-0.2, -0.15) is 0 Å². The Labute approximate surface area is 69.6 Å². The SMILES string of the molecule is O=C1CNC(=O)N1OCC1CC1. The zero-order valence-electron chi connectivity index (χ0n) is 6.58. The lowest BCUT2D eigenvalue weighted by molar-refractivity contribution is -0.162. The average molecular weight is 170 g/mol. The van der Waals surface area contributed by atoms with Crippen LogP contribution in [0.2, 0.25) is 0 Å². The Balaban J connectivity index is 1.83. The molecule has 2 rings (SSSR count). The van der Waals surface area contributed by atoms with Crippen LogP contribution in [0.3, 0.4) is 0 Å². The monoisotopic (exact) mass is 170 g/mol. The number of amides is 3. The van der Waals surface area contributed by atoms with E-state index in [1.165, 1.54) is 0 Å². The van der Waals surface area contributed by atoms with Crippen molar-refractivity contribution in [1.82, 2.24) is 10.4 Å². The number of carbonyl (C=O) groups excluding carboxylic acids is 2. The normalized spacial score (nSPS) is 23.2. The largest absolute Gasteiger partial charge is 0.349 e. The lowest BCUT2D eigenvalue weighted by atomic mass is 10.5. The van der Waals surface area contributed by atoms with Crippen LogP contribution in [0.4, 0.5) is 4.79 Å². The maximum Gasteiger partial charge on any atom is 0.349 e. The Morgan fingerprint density at radius 1 is 1.50 bits per heavy atom. The van der Waals surface area contributed by atoms with E-state index >= 15 is 0 Å². The number of rotatable bonds is 3. The van der Waals surface area contributed by atoms with E-state index in [1.54, 1.807) is 0 Å². The highest BCUT2D eigenvalue weighted by Crippen LogP contribution is 2.29. The molecule has 0 spiro atoms. The van der Waals surface area contributed by atoms with E-state index in [9.17, 15) is 9.59 Å². The van der Waals surface area contributed by atoms with E-state index in [1.807, 2.05) is 0 Å². The summed E-state index contributed by atoms with van der Waals surface area (Å²) in [5.41, 5.74) is 0. The summed E-state index contributed by atoms with van der Waals surface area (Å²) in [5.74, 6) is 0.242. The summed E-state index contributed by atoms with van der Waals surface area (Å²) >= 11 is 0. The molecule has 0 radical (unpaired) electrons. The van der Waals surface area contributed by atoms with Gasteiger partial charge < -0.3 is 5.32 Å². The molecule has 1 aliphatic carbocycles. The first-order valence-corrected chi connectivity index (χ1v) is 4.01. The van der Waals surface area contributed by atoms with Crippen molar-refractivity contribution in [1.29, 1.82) is 0 Å². The van der Waals surface area contributed by atoms with Crippen LogP contribution in [0.15, 0.2) is 0 Å². The summed E-state index contributed by atoms with van der Waals surface area (Å²) in [6.07, 6.45) is 2.29. The van der Waals surface area contributed by atoms with Gasteiger partial charge in [-0.1, -0.05) is 0 Å². The molecular weight excluding hydrogens is 160 g/mol. The summed E-state index contributed by atoms with van der Waals surface area (Å²) in [5, 5.41) is 3.19. The fraction of sp³-hybridized carbons (Fsp3) is 0.714. The van der Waals surface area contributed by atoms with Crippen molar-refractivity contribution in [3.05, 3.63) is 0 Å². The first-order valence-electron chi connectivity index (χ1n) is 4.01. The predicted octanol–water partition coefficient (Wildman–Crippen LogP) is -0.120. The van der Waals surface area contributed by atoms with E-state index < -0.39 is 6.03 Å². The van der Waals surface area contributed by atoms with Gasteiger partial charge in [0.15, 0.2) is 0 Å². The van der Waals surface area contributed by atoms with Crippen LogP contribution in [-0.4, -0.2) is 30.2 Å². The molecule has 0 bridgehead atoms. The molecule has 0 unspecified atom stereocenters. The van der Waals surface area contributed by atoms with Gasteiger partial charge in [0.2, 0.25) is 0 Å². The quantitative estimate of drug-likeness (QED) is 0.601. The molecule has 66 valence electrons. The minimum Gasteiger partial charge on any atom is -0.327 e. The lowest BCUT2D eigenvalue weighted by Gasteiger charge is -2.10. The standard InChI is InChI=1S/C7H10N2O3/c10-6-3-8-7(11)9(6)12-4-5-1-2-5/h5H,1-4H2,(H,8,11). The van der Waals surface area contributed by atoms with Crippen molar-refractivity contribution in [2.24, 2.45) is 5.92 Å². The van der Waals surface area contributed by atoms with Crippen molar-refractivity contribution >= 4 is 11.9 Å². The number of imide groups is 1. The van der Waals surface area contributed by atoms with Crippen molar-refractivity contribution in [2.45, 2.75) is 12.8 Å². The van der Waals surface area contributed by atoms with Crippen LogP contribution in [0.25, 0.3) is 0 Å². The molecular formula is C7H10N2O3. The zero-order chi connectivity index (χ0) is 8.55. The molecule has 1 saturated heterocycles. The van der Waals surface area contributed by atoms with Crippen LogP contribution < -0.4 is 5.32 Å². The van der Waals surface area contributed by atoms with E-state index in [4.69, 9.17) is 4.84 Å². The molecule has 0 aromatic rings. The number of urea groups is 1. The lowest BCUT2D eigenvalue weighted by Crippen LogP contribution is -2.31. The highest BCUT2D eigenvalue weighted by atomic mass is 16.7. The summed E-state index contributed by atoms with van der Waals surface area (Å²) in [4.78, 5) is 26.8. The van der Waals surface area contributed by atoms with Gasteiger partial charge in [0.25, 0.3) is 5.91 Å². The van der Waals surface area contributed by atoms with Crippen LogP contribution in [0.5, 0.6) is 0 Å². The molecule has 1 N–H and O–H groups in total. The first-order chi connectivity index (χ1) is 5.77. The number of carbonyl (C=O) groups is 2. The predicted molar refractivity (Wildman–Crippen MR) is 38.9 cm³/mol. The molecule has 12 heavy (non-hydrogen) atoms. The Morgan fingerprint density at radius 2 is 2.25 bits per heavy atom. The van der Waals surface area contributed by atoms with Gasteiger partial charge in [-0.25, -0.2) is 4.79 Å². The number of nitrogens with zero attached hydrogens (tertiary/aromatic N) is 1. The molecule has 5 nitrogen and oxygen atoms in total. The van der Waals surface area contributed by atoms with Crippen LogP contribution in [0.1, 0.15) is 12.8 Å². The Bertz CT molecular complexity index is 209. The van der Waals surface area contributed by atoms with Gasteiger partial charge in [0.05, 0.1) is 6.61 Å². The molecule has 2 fully saturated rings. The zero-order valence-corrected chi connectivity index (χ0v) is 6.58. The molecule has 0 aromatic carbocycles. The maximum absolute atomic E-state index is 10.9. The van der Waals surface area contributed by atoms with Gasteiger partial charge in [-0.15, -0.1) is 5.06 Å². The fourth-order valence-electron chi connectivity index (χ4n) is 1.00. The summed E-state index contributed by atoms with van der Waals surface area (Å²) < 4.78 is 0. The van der Waals surface area contributed by atoms with Gasteiger partial charge in [0.1, 0.15) is 6.54 Å². The van der Waals surface area contributed by atoms with Crippen molar-refractivity contribution in [3.63, 3.8) is 0 Å². The van der Waals surface area contributed by atoms with Crippen LogP contribution >= 0.6 is 0 Å². The number of hydroxylamine groups is 2. The molecule has 5 heteroatoms. The molecule has 0 atom stereocenters. The van der Waals surface area contributed by atoms with Crippen molar-refractivity contribution in [2.75, 3.05) is 13.2 Å². The van der Waals surface area contributed by atoms with Gasteiger partial charge in [-0.05, 0) is 18.8 Å². The van der Waals surface area contributed by atoms with Gasteiger partial charge in [-0.3, -0.25) is 9.63 Å². The third-order valence-electron chi connectivity index (χ3n) is 1.94. The fourth-order valence-corrected chi connectivity index (χ4v) is 1.00. The highest BCUT2D eigenvalue weighted by Gasteiger charge is 2.32. The minimum atomic E-state index is -0.444. The summed E-state index contributed by atoms with van der Waals surface area (Å²) in [6, 6.07) is -0.444. The highest BCUT2D eigenvalue weighted by molar-refractivity contribution is 6.00. The smallest absolute Gasteiger partial charge is 0.327 e. The first kappa shape index (κ1) is 7.54. The number of hydrogen-bond acceptors (Lipinski definition) is 3. The third kappa shape index (κ3) is 1.40. The minimum absolute atomic E-state index is 0.0590. The second kappa shape index (κ2) is 2.75. The van der Waals surface area contributed by atoms with Crippen molar-refractivity contribution in [3.8, 4) is 0 Å². The molecule has 2 aliphatic rings. The maximum atomic E-state index is 10.9. The Kier molecular flexibility index (Phi) is 1.73. The van der Waals surface area contributed by atoms with E-state index in [2.05, 4.69) is 5.32 Å². The van der Waals surface area contributed by atoms with Gasteiger partial charge >= 0.3 is 6.03 Å². The van der Waals surface area contributed by atoms with E-state index in [0.29, 0.717) is 12.5 Å². The van der Waals surface area contributed by atoms with E-state index in [-0.39, 0.29) is 12.5 Å².